The van der Waals surface area contributed by atoms with Crippen molar-refractivity contribution in [3.63, 3.8) is 0 Å². The third-order valence-corrected chi connectivity index (χ3v) is 2.90. The summed E-state index contributed by atoms with van der Waals surface area (Å²) in [5.74, 6) is 0. The van der Waals surface area contributed by atoms with Crippen LogP contribution in [0.2, 0.25) is 0 Å². The highest BCUT2D eigenvalue weighted by atomic mass is 16.3. The number of hydrogen-bond donors (Lipinski definition) is 2. The Balaban J connectivity index is 2.12. The molecule has 0 radical (unpaired) electrons. The molecule has 76 valence electrons. The van der Waals surface area contributed by atoms with Gasteiger partial charge in [-0.3, -0.25) is 0 Å². The third kappa shape index (κ3) is 2.14. The van der Waals surface area contributed by atoms with Crippen molar-refractivity contribution in [1.29, 1.82) is 0 Å². The van der Waals surface area contributed by atoms with E-state index in [-0.39, 0.29) is 0 Å². The Morgan fingerprint density at radius 1 is 1.36 bits per heavy atom. The van der Waals surface area contributed by atoms with Crippen LogP contribution in [0.5, 0.6) is 0 Å². The van der Waals surface area contributed by atoms with Crippen molar-refractivity contribution >= 4 is 0 Å². The topological polar surface area (TPSA) is 32.3 Å². The zero-order valence-corrected chi connectivity index (χ0v) is 8.53. The van der Waals surface area contributed by atoms with Gasteiger partial charge in [0.05, 0.1) is 5.60 Å². The van der Waals surface area contributed by atoms with E-state index in [4.69, 9.17) is 0 Å². The van der Waals surface area contributed by atoms with E-state index >= 15 is 0 Å². The number of benzene rings is 1. The van der Waals surface area contributed by atoms with Gasteiger partial charge in [-0.2, -0.15) is 0 Å². The summed E-state index contributed by atoms with van der Waals surface area (Å²) < 4.78 is 0. The maximum Gasteiger partial charge on any atom is 0.0650 e. The molecule has 1 aliphatic rings. The highest BCUT2D eigenvalue weighted by molar-refractivity contribution is 5.20. The molecule has 1 saturated heterocycles. The fraction of sp³-hybridized carbons (Fsp3) is 0.500. The molecule has 2 atom stereocenters. The molecule has 1 fully saturated rings. The Morgan fingerprint density at radius 3 is 2.71 bits per heavy atom. The quantitative estimate of drug-likeness (QED) is 0.710. The average Bonchev–Trinajstić information content (AvgIpc) is 2.18. The molecule has 1 aromatic rings. The first-order valence-electron chi connectivity index (χ1n) is 5.18. The van der Waals surface area contributed by atoms with Gasteiger partial charge in [-0.05, 0) is 31.9 Å². The molecule has 1 heterocycles. The number of hydrogen-bond acceptors (Lipinski definition) is 2. The lowest BCUT2D eigenvalue weighted by molar-refractivity contribution is 0.0132. The van der Waals surface area contributed by atoms with Crippen molar-refractivity contribution in [3.8, 4) is 0 Å². The molecular formula is C12H17NO. The number of piperidine rings is 1. The van der Waals surface area contributed by atoms with Gasteiger partial charge in [-0.25, -0.2) is 0 Å². The van der Waals surface area contributed by atoms with Crippen LogP contribution in [0.25, 0.3) is 0 Å². The maximum absolute atomic E-state index is 9.97. The Kier molecular flexibility index (Phi) is 2.57. The van der Waals surface area contributed by atoms with Crippen LogP contribution >= 0.6 is 0 Å². The standard InChI is InChI=1S/C12H17NO/c1-12(14)7-8-13-11(9-12)10-5-3-2-4-6-10/h2-6,11,13-14H,7-9H2,1H3/t11-,12-/m1/s1. The van der Waals surface area contributed by atoms with Gasteiger partial charge in [-0.1, -0.05) is 30.3 Å². The molecule has 1 aromatic carbocycles. The molecule has 14 heavy (non-hydrogen) atoms. The summed E-state index contributed by atoms with van der Waals surface area (Å²) in [5.41, 5.74) is 0.763. The van der Waals surface area contributed by atoms with Gasteiger partial charge >= 0.3 is 0 Å². The normalized spacial score (nSPS) is 32.9. The number of aliphatic hydroxyl groups is 1. The van der Waals surface area contributed by atoms with E-state index in [1.807, 2.05) is 25.1 Å². The van der Waals surface area contributed by atoms with Gasteiger partial charge in [0.1, 0.15) is 0 Å². The summed E-state index contributed by atoms with van der Waals surface area (Å²) in [6, 6.07) is 10.6. The van der Waals surface area contributed by atoms with Crippen molar-refractivity contribution in [2.45, 2.75) is 31.4 Å². The van der Waals surface area contributed by atoms with Crippen LogP contribution in [0.3, 0.4) is 0 Å². The zero-order valence-electron chi connectivity index (χ0n) is 8.53. The van der Waals surface area contributed by atoms with E-state index in [0.29, 0.717) is 6.04 Å². The Bertz CT molecular complexity index is 294. The Morgan fingerprint density at radius 2 is 2.07 bits per heavy atom. The summed E-state index contributed by atoms with van der Waals surface area (Å²) in [5, 5.41) is 13.4. The largest absolute Gasteiger partial charge is 0.390 e. The van der Waals surface area contributed by atoms with E-state index in [9.17, 15) is 5.11 Å². The molecule has 2 heteroatoms. The fourth-order valence-corrected chi connectivity index (χ4v) is 2.05. The summed E-state index contributed by atoms with van der Waals surface area (Å²) in [7, 11) is 0. The summed E-state index contributed by atoms with van der Waals surface area (Å²) in [6.45, 7) is 2.82. The Labute approximate surface area is 85.0 Å². The first kappa shape index (κ1) is 9.69. The van der Waals surface area contributed by atoms with Crippen LogP contribution in [-0.2, 0) is 0 Å². The molecule has 0 bridgehead atoms. The summed E-state index contributed by atoms with van der Waals surface area (Å²) in [4.78, 5) is 0. The molecule has 0 unspecified atom stereocenters. The highest BCUT2D eigenvalue weighted by Crippen LogP contribution is 2.29. The number of rotatable bonds is 1. The molecule has 0 aliphatic carbocycles. The first-order chi connectivity index (χ1) is 6.67. The van der Waals surface area contributed by atoms with Crippen molar-refractivity contribution < 1.29 is 5.11 Å². The summed E-state index contributed by atoms with van der Waals surface area (Å²) in [6.07, 6.45) is 1.65. The lowest BCUT2D eigenvalue weighted by Crippen LogP contribution is -2.41. The van der Waals surface area contributed by atoms with E-state index in [1.165, 1.54) is 5.56 Å². The van der Waals surface area contributed by atoms with Crippen molar-refractivity contribution in [3.05, 3.63) is 35.9 Å². The monoisotopic (exact) mass is 191 g/mol. The zero-order chi connectivity index (χ0) is 10.0. The van der Waals surface area contributed by atoms with Crippen LogP contribution in [0, 0.1) is 0 Å². The van der Waals surface area contributed by atoms with E-state index in [0.717, 1.165) is 19.4 Å². The molecule has 0 spiro atoms. The summed E-state index contributed by atoms with van der Waals surface area (Å²) >= 11 is 0. The smallest absolute Gasteiger partial charge is 0.0650 e. The van der Waals surface area contributed by atoms with E-state index in [2.05, 4.69) is 17.4 Å². The second kappa shape index (κ2) is 3.71. The molecular weight excluding hydrogens is 174 g/mol. The van der Waals surface area contributed by atoms with Crippen LogP contribution in [0.4, 0.5) is 0 Å². The second-order valence-electron chi connectivity index (χ2n) is 4.37. The first-order valence-corrected chi connectivity index (χ1v) is 5.18. The molecule has 0 saturated carbocycles. The molecule has 0 amide bonds. The number of nitrogens with one attached hydrogen (secondary N) is 1. The average molecular weight is 191 g/mol. The maximum atomic E-state index is 9.97. The van der Waals surface area contributed by atoms with Gasteiger partial charge < -0.3 is 10.4 Å². The predicted molar refractivity (Wildman–Crippen MR) is 57.0 cm³/mol. The highest BCUT2D eigenvalue weighted by Gasteiger charge is 2.29. The molecule has 1 aliphatic heterocycles. The van der Waals surface area contributed by atoms with Gasteiger partial charge in [0, 0.05) is 6.04 Å². The SMILES string of the molecule is C[C@@]1(O)CCN[C@@H](c2ccccc2)C1. The van der Waals surface area contributed by atoms with Gasteiger partial charge in [0.2, 0.25) is 0 Å². The minimum Gasteiger partial charge on any atom is -0.390 e. The third-order valence-electron chi connectivity index (χ3n) is 2.90. The van der Waals surface area contributed by atoms with Crippen LogP contribution < -0.4 is 5.32 Å². The van der Waals surface area contributed by atoms with E-state index in [1.54, 1.807) is 0 Å². The molecule has 2 N–H and O–H groups in total. The Hall–Kier alpha value is -0.860. The van der Waals surface area contributed by atoms with Crippen molar-refractivity contribution in [2.24, 2.45) is 0 Å². The van der Waals surface area contributed by atoms with Crippen LogP contribution in [0.15, 0.2) is 30.3 Å². The van der Waals surface area contributed by atoms with Gasteiger partial charge in [-0.15, -0.1) is 0 Å². The van der Waals surface area contributed by atoms with Crippen molar-refractivity contribution in [2.75, 3.05) is 6.54 Å². The van der Waals surface area contributed by atoms with Crippen LogP contribution in [-0.4, -0.2) is 17.3 Å². The molecule has 2 rings (SSSR count). The minimum atomic E-state index is -0.508. The van der Waals surface area contributed by atoms with Gasteiger partial charge in [0.25, 0.3) is 0 Å². The predicted octanol–water partition coefficient (Wildman–Crippen LogP) is 1.86. The molecule has 0 aromatic heterocycles. The van der Waals surface area contributed by atoms with Gasteiger partial charge in [0.15, 0.2) is 0 Å². The van der Waals surface area contributed by atoms with Crippen LogP contribution in [0.1, 0.15) is 31.4 Å². The van der Waals surface area contributed by atoms with E-state index < -0.39 is 5.60 Å². The lowest BCUT2D eigenvalue weighted by Gasteiger charge is -2.35. The minimum absolute atomic E-state index is 0.306. The lowest BCUT2D eigenvalue weighted by atomic mass is 9.86. The second-order valence-corrected chi connectivity index (χ2v) is 4.37. The van der Waals surface area contributed by atoms with Crippen molar-refractivity contribution in [1.82, 2.24) is 5.32 Å². The fourth-order valence-electron chi connectivity index (χ4n) is 2.05. The molecule has 2 nitrogen and oxygen atoms in total.